The van der Waals surface area contributed by atoms with Crippen LogP contribution in [0, 0.1) is 0 Å². The van der Waals surface area contributed by atoms with Crippen LogP contribution in [0.1, 0.15) is 111 Å². The first-order chi connectivity index (χ1) is 9.33. The third-order valence-corrected chi connectivity index (χ3v) is 3.47. The van der Waals surface area contributed by atoms with E-state index < -0.39 is 0 Å². The van der Waals surface area contributed by atoms with E-state index in [9.17, 15) is 0 Å². The van der Waals surface area contributed by atoms with Crippen LogP contribution in [-0.2, 0) is 0 Å². The molecule has 0 amide bonds. The van der Waals surface area contributed by atoms with Crippen molar-refractivity contribution in [3.63, 3.8) is 0 Å². The van der Waals surface area contributed by atoms with Gasteiger partial charge in [-0.1, -0.05) is 104 Å². The molecule has 0 unspecified atom stereocenters. The second kappa shape index (κ2) is 23.1. The zero-order chi connectivity index (χ0) is 14.6. The van der Waals surface area contributed by atoms with Gasteiger partial charge in [-0.15, -0.1) is 0 Å². The molecular formula is C18H40O. The molecule has 1 N–H and O–H groups in total. The van der Waals surface area contributed by atoms with E-state index in [2.05, 4.69) is 20.8 Å². The van der Waals surface area contributed by atoms with Crippen molar-refractivity contribution in [1.29, 1.82) is 0 Å². The van der Waals surface area contributed by atoms with Crippen molar-refractivity contribution in [2.45, 2.75) is 111 Å². The van der Waals surface area contributed by atoms with E-state index in [0.717, 1.165) is 6.42 Å². The molecule has 0 heterocycles. The van der Waals surface area contributed by atoms with Crippen molar-refractivity contribution in [2.24, 2.45) is 0 Å². The first-order valence-corrected chi connectivity index (χ1v) is 8.94. The summed E-state index contributed by atoms with van der Waals surface area (Å²) in [6.07, 6.45) is 19.1. The normalized spacial score (nSPS) is 10.1. The molecule has 0 saturated heterocycles. The lowest BCUT2D eigenvalue weighted by molar-refractivity contribution is 0.283. The van der Waals surface area contributed by atoms with Gasteiger partial charge in [-0.05, 0) is 6.42 Å². The zero-order valence-electron chi connectivity index (χ0n) is 14.1. The van der Waals surface area contributed by atoms with Crippen molar-refractivity contribution < 1.29 is 5.11 Å². The number of hydrogen-bond donors (Lipinski definition) is 1. The highest BCUT2D eigenvalue weighted by Crippen LogP contribution is 2.09. The quantitative estimate of drug-likeness (QED) is 0.380. The van der Waals surface area contributed by atoms with Crippen molar-refractivity contribution in [1.82, 2.24) is 0 Å². The molecule has 0 bridgehead atoms. The molecule has 118 valence electrons. The maximum absolute atomic E-state index is 8.29. The van der Waals surface area contributed by atoms with Crippen LogP contribution in [0.3, 0.4) is 0 Å². The maximum atomic E-state index is 8.29. The summed E-state index contributed by atoms with van der Waals surface area (Å²) in [6.45, 7) is 7.08. The van der Waals surface area contributed by atoms with Gasteiger partial charge in [-0.25, -0.2) is 0 Å². The number of aliphatic hydroxyl groups is 1. The van der Waals surface area contributed by atoms with E-state index >= 15 is 0 Å². The van der Waals surface area contributed by atoms with Crippen molar-refractivity contribution in [2.75, 3.05) is 6.61 Å². The summed E-state index contributed by atoms with van der Waals surface area (Å²) >= 11 is 0. The van der Waals surface area contributed by atoms with E-state index in [1.165, 1.54) is 83.5 Å². The molecule has 0 aromatic carbocycles. The second-order valence-corrected chi connectivity index (χ2v) is 5.61. The Morgan fingerprint density at radius 3 is 0.947 bits per heavy atom. The summed E-state index contributed by atoms with van der Waals surface area (Å²) in [5.41, 5.74) is 0. The molecule has 0 radical (unpaired) electrons. The topological polar surface area (TPSA) is 20.2 Å². The number of hydrogen-bond acceptors (Lipinski definition) is 1. The van der Waals surface area contributed by atoms with E-state index in [1.54, 1.807) is 0 Å². The van der Waals surface area contributed by atoms with Gasteiger partial charge in [0.15, 0.2) is 0 Å². The molecule has 0 aromatic heterocycles. The Morgan fingerprint density at radius 1 is 0.421 bits per heavy atom. The molecule has 1 nitrogen and oxygen atoms in total. The lowest BCUT2D eigenvalue weighted by Gasteiger charge is -1.99. The average Bonchev–Trinajstić information content (AvgIpc) is 2.43. The summed E-state index contributed by atoms with van der Waals surface area (Å²) in [4.78, 5) is 0. The maximum Gasteiger partial charge on any atom is 0.0431 e. The fourth-order valence-electron chi connectivity index (χ4n) is 2.10. The SMILES string of the molecule is CCCCCCCCCCCC.CCCCCCO. The van der Waals surface area contributed by atoms with Gasteiger partial charge in [0, 0.05) is 6.61 Å². The molecule has 0 atom stereocenters. The largest absolute Gasteiger partial charge is 0.396 e. The van der Waals surface area contributed by atoms with Gasteiger partial charge in [0.25, 0.3) is 0 Å². The van der Waals surface area contributed by atoms with Gasteiger partial charge in [0.1, 0.15) is 0 Å². The summed E-state index contributed by atoms with van der Waals surface area (Å²) in [5.74, 6) is 0. The van der Waals surface area contributed by atoms with Crippen LogP contribution in [0.4, 0.5) is 0 Å². The number of rotatable bonds is 13. The monoisotopic (exact) mass is 272 g/mol. The Labute approximate surface area is 123 Å². The lowest BCUT2D eigenvalue weighted by Crippen LogP contribution is -1.80. The van der Waals surface area contributed by atoms with Crippen LogP contribution in [-0.4, -0.2) is 11.7 Å². The fourth-order valence-corrected chi connectivity index (χ4v) is 2.10. The van der Waals surface area contributed by atoms with Gasteiger partial charge >= 0.3 is 0 Å². The molecule has 0 saturated carbocycles. The fraction of sp³-hybridized carbons (Fsp3) is 1.00. The Morgan fingerprint density at radius 2 is 0.684 bits per heavy atom. The van der Waals surface area contributed by atoms with Gasteiger partial charge in [0.05, 0.1) is 0 Å². The summed E-state index contributed by atoms with van der Waals surface area (Å²) in [7, 11) is 0. The van der Waals surface area contributed by atoms with Gasteiger partial charge in [-0.3, -0.25) is 0 Å². The molecule has 0 aliphatic carbocycles. The molecule has 0 spiro atoms. The summed E-state index contributed by atoms with van der Waals surface area (Å²) in [5, 5.41) is 8.29. The van der Waals surface area contributed by atoms with Crippen molar-refractivity contribution >= 4 is 0 Å². The van der Waals surface area contributed by atoms with Crippen LogP contribution < -0.4 is 0 Å². The molecular weight excluding hydrogens is 232 g/mol. The predicted octanol–water partition coefficient (Wildman–Crippen LogP) is 6.49. The summed E-state index contributed by atoms with van der Waals surface area (Å²) < 4.78 is 0. The second-order valence-electron chi connectivity index (χ2n) is 5.61. The molecule has 0 aromatic rings. The highest BCUT2D eigenvalue weighted by atomic mass is 16.2. The minimum absolute atomic E-state index is 0.361. The third-order valence-electron chi connectivity index (χ3n) is 3.47. The Kier molecular flexibility index (Phi) is 25.8. The average molecular weight is 273 g/mol. The molecule has 1 heteroatoms. The molecule has 0 aliphatic heterocycles. The van der Waals surface area contributed by atoms with Crippen LogP contribution in [0.25, 0.3) is 0 Å². The van der Waals surface area contributed by atoms with Crippen LogP contribution in [0.5, 0.6) is 0 Å². The smallest absolute Gasteiger partial charge is 0.0431 e. The highest BCUT2D eigenvalue weighted by molar-refractivity contribution is 4.45. The Balaban J connectivity index is 0. The molecule has 0 rings (SSSR count). The number of unbranched alkanes of at least 4 members (excludes halogenated alkanes) is 12. The van der Waals surface area contributed by atoms with E-state index in [0.29, 0.717) is 6.61 Å². The minimum Gasteiger partial charge on any atom is -0.396 e. The minimum atomic E-state index is 0.361. The lowest BCUT2D eigenvalue weighted by atomic mass is 10.1. The van der Waals surface area contributed by atoms with Crippen molar-refractivity contribution in [3.8, 4) is 0 Å². The first-order valence-electron chi connectivity index (χ1n) is 8.94. The third kappa shape index (κ3) is 27.2. The van der Waals surface area contributed by atoms with Crippen LogP contribution >= 0.6 is 0 Å². The Hall–Kier alpha value is -0.0400. The van der Waals surface area contributed by atoms with Crippen molar-refractivity contribution in [3.05, 3.63) is 0 Å². The highest BCUT2D eigenvalue weighted by Gasteiger charge is 1.90. The molecule has 19 heavy (non-hydrogen) atoms. The van der Waals surface area contributed by atoms with Gasteiger partial charge < -0.3 is 5.11 Å². The van der Waals surface area contributed by atoms with E-state index in [4.69, 9.17) is 5.11 Å². The number of aliphatic hydroxyl groups excluding tert-OH is 1. The Bertz CT molecular complexity index is 109. The van der Waals surface area contributed by atoms with E-state index in [1.807, 2.05) is 0 Å². The molecule has 0 fully saturated rings. The van der Waals surface area contributed by atoms with Crippen LogP contribution in [0.2, 0.25) is 0 Å². The molecule has 0 aliphatic rings. The van der Waals surface area contributed by atoms with Gasteiger partial charge in [-0.2, -0.15) is 0 Å². The summed E-state index contributed by atoms with van der Waals surface area (Å²) in [6, 6.07) is 0. The predicted molar refractivity (Wildman–Crippen MR) is 88.7 cm³/mol. The van der Waals surface area contributed by atoms with E-state index in [-0.39, 0.29) is 0 Å². The zero-order valence-corrected chi connectivity index (χ0v) is 14.1. The first kappa shape index (κ1) is 21.3. The van der Waals surface area contributed by atoms with Crippen LogP contribution in [0.15, 0.2) is 0 Å². The standard InChI is InChI=1S/C12H26.C6H14O/c1-3-5-7-9-11-12-10-8-6-4-2;1-2-3-4-5-6-7/h3-12H2,1-2H3;7H,2-6H2,1H3. The van der Waals surface area contributed by atoms with Gasteiger partial charge in [0.2, 0.25) is 0 Å².